The number of carbonyl (C=O) groups is 2. The Bertz CT molecular complexity index is 499. The Morgan fingerprint density at radius 2 is 2.20 bits per heavy atom. The SMILES string of the molecule is O=C(c1ccco1)N1C[C@H]2C[C@@H](C1)N(C(=O)CCO)C2. The van der Waals surface area contributed by atoms with E-state index in [2.05, 4.69) is 0 Å². The molecule has 108 valence electrons. The summed E-state index contributed by atoms with van der Waals surface area (Å²) in [5.41, 5.74) is 0. The van der Waals surface area contributed by atoms with Crippen LogP contribution < -0.4 is 0 Å². The molecule has 0 aromatic carbocycles. The van der Waals surface area contributed by atoms with Crippen molar-refractivity contribution in [2.45, 2.75) is 18.9 Å². The molecule has 0 aliphatic carbocycles. The second kappa shape index (κ2) is 5.28. The maximum absolute atomic E-state index is 12.3. The molecule has 2 atom stereocenters. The molecule has 0 radical (unpaired) electrons. The molecule has 0 spiro atoms. The van der Waals surface area contributed by atoms with Crippen LogP contribution in [0.5, 0.6) is 0 Å². The van der Waals surface area contributed by atoms with E-state index in [1.165, 1.54) is 6.26 Å². The van der Waals surface area contributed by atoms with E-state index in [4.69, 9.17) is 9.52 Å². The molecule has 2 bridgehead atoms. The zero-order valence-electron chi connectivity index (χ0n) is 11.2. The number of piperidine rings is 1. The number of hydrogen-bond acceptors (Lipinski definition) is 4. The summed E-state index contributed by atoms with van der Waals surface area (Å²) in [5.74, 6) is 0.545. The number of furan rings is 1. The summed E-state index contributed by atoms with van der Waals surface area (Å²) in [6.45, 7) is 1.78. The smallest absolute Gasteiger partial charge is 0.289 e. The van der Waals surface area contributed by atoms with Crippen LogP contribution in [0.2, 0.25) is 0 Å². The van der Waals surface area contributed by atoms with Crippen molar-refractivity contribution in [1.82, 2.24) is 9.80 Å². The van der Waals surface area contributed by atoms with Gasteiger partial charge >= 0.3 is 0 Å². The third-order valence-corrected chi connectivity index (χ3v) is 4.08. The van der Waals surface area contributed by atoms with Crippen LogP contribution in [0, 0.1) is 5.92 Å². The van der Waals surface area contributed by atoms with Crippen molar-refractivity contribution >= 4 is 11.8 Å². The molecule has 3 rings (SSSR count). The number of aliphatic hydroxyl groups is 1. The van der Waals surface area contributed by atoms with Gasteiger partial charge in [0.1, 0.15) is 0 Å². The molecule has 2 saturated heterocycles. The fourth-order valence-electron chi connectivity index (χ4n) is 3.23. The highest BCUT2D eigenvalue weighted by Gasteiger charge is 2.42. The molecule has 2 aliphatic rings. The van der Waals surface area contributed by atoms with Gasteiger partial charge in [-0.15, -0.1) is 0 Å². The first-order chi connectivity index (χ1) is 9.69. The molecule has 0 unspecified atom stereocenters. The highest BCUT2D eigenvalue weighted by Crippen LogP contribution is 2.30. The normalized spacial score (nSPS) is 25.1. The Balaban J connectivity index is 1.69. The van der Waals surface area contributed by atoms with Gasteiger partial charge in [0.2, 0.25) is 5.91 Å². The van der Waals surface area contributed by atoms with Gasteiger partial charge in [-0.2, -0.15) is 0 Å². The van der Waals surface area contributed by atoms with Crippen LogP contribution in [-0.4, -0.2) is 59.0 Å². The lowest BCUT2D eigenvalue weighted by molar-refractivity contribution is -0.132. The van der Waals surface area contributed by atoms with Crippen molar-refractivity contribution in [1.29, 1.82) is 0 Å². The fourth-order valence-corrected chi connectivity index (χ4v) is 3.23. The van der Waals surface area contributed by atoms with Crippen molar-refractivity contribution in [3.63, 3.8) is 0 Å². The van der Waals surface area contributed by atoms with E-state index >= 15 is 0 Å². The first-order valence-electron chi connectivity index (χ1n) is 6.92. The summed E-state index contributed by atoms with van der Waals surface area (Å²) in [6.07, 6.45) is 2.59. The number of fused-ring (bicyclic) bond motifs is 2. The lowest BCUT2D eigenvalue weighted by atomic mass is 10.00. The second-order valence-electron chi connectivity index (χ2n) is 5.46. The van der Waals surface area contributed by atoms with Gasteiger partial charge in [-0.1, -0.05) is 0 Å². The van der Waals surface area contributed by atoms with Gasteiger partial charge in [0.25, 0.3) is 5.91 Å². The molecule has 1 aromatic heterocycles. The van der Waals surface area contributed by atoms with Crippen molar-refractivity contribution < 1.29 is 19.1 Å². The van der Waals surface area contributed by atoms with E-state index in [0.717, 1.165) is 6.42 Å². The quantitative estimate of drug-likeness (QED) is 0.865. The number of nitrogens with zero attached hydrogens (tertiary/aromatic N) is 2. The molecule has 1 N–H and O–H groups in total. The minimum absolute atomic E-state index is 0.0210. The number of likely N-dealkylation sites (tertiary alicyclic amines) is 2. The van der Waals surface area contributed by atoms with Crippen LogP contribution in [0.4, 0.5) is 0 Å². The van der Waals surface area contributed by atoms with Crippen LogP contribution in [0.25, 0.3) is 0 Å². The molecule has 2 aliphatic heterocycles. The number of rotatable bonds is 3. The predicted molar refractivity (Wildman–Crippen MR) is 69.9 cm³/mol. The highest BCUT2D eigenvalue weighted by atomic mass is 16.3. The number of aliphatic hydroxyl groups excluding tert-OH is 1. The van der Waals surface area contributed by atoms with Gasteiger partial charge in [-0.25, -0.2) is 0 Å². The van der Waals surface area contributed by atoms with Crippen LogP contribution in [-0.2, 0) is 4.79 Å². The van der Waals surface area contributed by atoms with E-state index in [0.29, 0.717) is 31.3 Å². The number of amides is 2. The van der Waals surface area contributed by atoms with E-state index in [9.17, 15) is 9.59 Å². The molecule has 1 aromatic rings. The van der Waals surface area contributed by atoms with E-state index in [-0.39, 0.29) is 30.9 Å². The largest absolute Gasteiger partial charge is 0.459 e. The monoisotopic (exact) mass is 278 g/mol. The molecular formula is C14H18N2O4. The van der Waals surface area contributed by atoms with E-state index in [1.54, 1.807) is 17.0 Å². The third-order valence-electron chi connectivity index (χ3n) is 4.08. The van der Waals surface area contributed by atoms with Crippen LogP contribution in [0.1, 0.15) is 23.4 Å². The van der Waals surface area contributed by atoms with Crippen molar-refractivity contribution in [3.8, 4) is 0 Å². The number of hydrogen-bond donors (Lipinski definition) is 1. The Morgan fingerprint density at radius 1 is 1.35 bits per heavy atom. The minimum Gasteiger partial charge on any atom is -0.459 e. The lowest BCUT2D eigenvalue weighted by Crippen LogP contribution is -2.46. The summed E-state index contributed by atoms with van der Waals surface area (Å²) in [7, 11) is 0. The second-order valence-corrected chi connectivity index (χ2v) is 5.46. The number of carbonyl (C=O) groups excluding carboxylic acids is 2. The summed E-state index contributed by atoms with van der Waals surface area (Å²) in [4.78, 5) is 27.8. The summed E-state index contributed by atoms with van der Waals surface area (Å²) in [5, 5.41) is 8.88. The topological polar surface area (TPSA) is 74.0 Å². The molecule has 6 heteroatoms. The minimum atomic E-state index is -0.123. The molecule has 2 amide bonds. The predicted octanol–water partition coefficient (Wildman–Crippen LogP) is 0.335. The maximum Gasteiger partial charge on any atom is 0.289 e. The van der Waals surface area contributed by atoms with Gasteiger partial charge < -0.3 is 19.3 Å². The average Bonchev–Trinajstić information content (AvgIpc) is 3.06. The third kappa shape index (κ3) is 2.31. The molecule has 0 saturated carbocycles. The summed E-state index contributed by atoms with van der Waals surface area (Å²) in [6, 6.07) is 3.43. The zero-order chi connectivity index (χ0) is 14.1. The highest BCUT2D eigenvalue weighted by molar-refractivity contribution is 5.91. The summed E-state index contributed by atoms with van der Waals surface area (Å²) >= 11 is 0. The van der Waals surface area contributed by atoms with Crippen molar-refractivity contribution in [2.24, 2.45) is 5.92 Å². The first-order valence-corrected chi connectivity index (χ1v) is 6.92. The van der Waals surface area contributed by atoms with Gasteiger partial charge in [-0.05, 0) is 24.5 Å². The molecule has 2 fully saturated rings. The first kappa shape index (κ1) is 13.2. The van der Waals surface area contributed by atoms with Crippen molar-refractivity contribution in [2.75, 3.05) is 26.2 Å². The Labute approximate surface area is 117 Å². The molecule has 6 nitrogen and oxygen atoms in total. The van der Waals surface area contributed by atoms with Gasteiger partial charge in [-0.3, -0.25) is 9.59 Å². The van der Waals surface area contributed by atoms with Crippen LogP contribution in [0.3, 0.4) is 0 Å². The Hall–Kier alpha value is -1.82. The van der Waals surface area contributed by atoms with Gasteiger partial charge in [0.05, 0.1) is 12.9 Å². The lowest BCUT2D eigenvalue weighted by Gasteiger charge is -2.32. The van der Waals surface area contributed by atoms with Crippen LogP contribution in [0.15, 0.2) is 22.8 Å². The maximum atomic E-state index is 12.3. The van der Waals surface area contributed by atoms with Gasteiger partial charge in [0.15, 0.2) is 5.76 Å². The zero-order valence-corrected chi connectivity index (χ0v) is 11.2. The van der Waals surface area contributed by atoms with E-state index < -0.39 is 0 Å². The Morgan fingerprint density at radius 3 is 2.90 bits per heavy atom. The molecular weight excluding hydrogens is 260 g/mol. The van der Waals surface area contributed by atoms with Gasteiger partial charge in [0, 0.05) is 32.1 Å². The van der Waals surface area contributed by atoms with E-state index in [1.807, 2.05) is 4.90 Å². The average molecular weight is 278 g/mol. The molecule has 3 heterocycles. The fraction of sp³-hybridized carbons (Fsp3) is 0.571. The standard InChI is InChI=1S/C14H18N2O4/c17-4-3-13(18)16-8-10-6-11(16)9-15(7-10)14(19)12-2-1-5-20-12/h1-2,5,10-11,17H,3-4,6-9H2/t10-,11+/m1/s1. The summed E-state index contributed by atoms with van der Waals surface area (Å²) < 4.78 is 5.15. The molecule has 20 heavy (non-hydrogen) atoms. The van der Waals surface area contributed by atoms with Crippen LogP contribution >= 0.6 is 0 Å². The van der Waals surface area contributed by atoms with Crippen molar-refractivity contribution in [3.05, 3.63) is 24.2 Å². The Kier molecular flexibility index (Phi) is 3.48.